The number of sulfone groups is 1. The number of nitrogens with two attached hydrogens (primary N) is 1. The maximum atomic E-state index is 11.5. The van der Waals surface area contributed by atoms with Gasteiger partial charge in [-0.3, -0.25) is 0 Å². The molecule has 1 aromatic heterocycles. The van der Waals surface area contributed by atoms with Crippen molar-refractivity contribution in [2.45, 2.75) is 45.1 Å². The molecule has 0 bridgehead atoms. The van der Waals surface area contributed by atoms with Gasteiger partial charge in [0.05, 0.1) is 17.4 Å². The summed E-state index contributed by atoms with van der Waals surface area (Å²) in [5.74, 6) is 1.51. The molecule has 0 spiro atoms. The van der Waals surface area contributed by atoms with Crippen LogP contribution in [0.4, 0.5) is 0 Å². The van der Waals surface area contributed by atoms with E-state index in [9.17, 15) is 8.42 Å². The largest absolute Gasteiger partial charge is 0.339 e. The summed E-state index contributed by atoms with van der Waals surface area (Å²) in [7, 11) is -2.93. The van der Waals surface area contributed by atoms with E-state index in [4.69, 9.17) is 10.3 Å². The molecule has 0 saturated carbocycles. The summed E-state index contributed by atoms with van der Waals surface area (Å²) in [4.78, 5) is 4.38. The molecule has 1 fully saturated rings. The van der Waals surface area contributed by atoms with E-state index >= 15 is 0 Å². The van der Waals surface area contributed by atoms with Gasteiger partial charge in [-0.05, 0) is 19.3 Å². The van der Waals surface area contributed by atoms with E-state index < -0.39 is 9.84 Å². The van der Waals surface area contributed by atoms with Gasteiger partial charge in [-0.15, -0.1) is 0 Å². The van der Waals surface area contributed by atoms with Crippen LogP contribution in [-0.2, 0) is 9.84 Å². The number of rotatable bonds is 4. The van der Waals surface area contributed by atoms with Crippen molar-refractivity contribution in [3.05, 3.63) is 11.7 Å². The van der Waals surface area contributed by atoms with Crippen LogP contribution in [-0.4, -0.2) is 36.1 Å². The predicted octanol–water partition coefficient (Wildman–Crippen LogP) is 1.06. The third-order valence-corrected chi connectivity index (χ3v) is 5.39. The zero-order valence-corrected chi connectivity index (χ0v) is 12.4. The Hall–Kier alpha value is -0.950. The van der Waals surface area contributed by atoms with Gasteiger partial charge in [-0.1, -0.05) is 19.0 Å². The van der Waals surface area contributed by atoms with Crippen LogP contribution >= 0.6 is 0 Å². The van der Waals surface area contributed by atoms with Gasteiger partial charge in [0, 0.05) is 12.0 Å². The van der Waals surface area contributed by atoms with Gasteiger partial charge in [-0.2, -0.15) is 4.98 Å². The van der Waals surface area contributed by atoms with Crippen molar-refractivity contribution in [2.75, 3.05) is 11.5 Å². The maximum absolute atomic E-state index is 11.5. The predicted molar refractivity (Wildman–Crippen MR) is 71.5 cm³/mol. The lowest BCUT2D eigenvalue weighted by Gasteiger charge is -2.20. The minimum atomic E-state index is -2.93. The van der Waals surface area contributed by atoms with Gasteiger partial charge in [-0.25, -0.2) is 8.42 Å². The lowest BCUT2D eigenvalue weighted by atomic mass is 9.90. The van der Waals surface area contributed by atoms with Crippen molar-refractivity contribution >= 4 is 9.84 Å². The van der Waals surface area contributed by atoms with Gasteiger partial charge in [0.25, 0.3) is 0 Å². The Bertz CT molecular complexity index is 528. The highest BCUT2D eigenvalue weighted by Gasteiger charge is 2.34. The fourth-order valence-electron chi connectivity index (χ4n) is 2.66. The highest BCUT2D eigenvalue weighted by atomic mass is 32.2. The van der Waals surface area contributed by atoms with E-state index in [1.54, 1.807) is 0 Å². The van der Waals surface area contributed by atoms with E-state index in [1.807, 2.05) is 6.92 Å². The Morgan fingerprint density at radius 1 is 1.37 bits per heavy atom. The molecule has 3 unspecified atom stereocenters. The lowest BCUT2D eigenvalue weighted by molar-refractivity contribution is 0.298. The Morgan fingerprint density at radius 3 is 2.53 bits per heavy atom. The Kier molecular flexibility index (Phi) is 3.96. The van der Waals surface area contributed by atoms with Gasteiger partial charge >= 0.3 is 0 Å². The van der Waals surface area contributed by atoms with Gasteiger partial charge < -0.3 is 10.3 Å². The molecule has 2 heterocycles. The first kappa shape index (κ1) is 14.5. The number of hydrogen-bond donors (Lipinski definition) is 1. The second-order valence-corrected chi connectivity index (χ2v) is 7.95. The SMILES string of the molecule is CC(C)C(c1nc(C2CCS(=O)(=O)C2)no1)C(C)N. The summed E-state index contributed by atoms with van der Waals surface area (Å²) in [6, 6.07) is -0.0828. The summed E-state index contributed by atoms with van der Waals surface area (Å²) in [5.41, 5.74) is 5.95. The van der Waals surface area contributed by atoms with E-state index in [1.165, 1.54) is 0 Å². The zero-order chi connectivity index (χ0) is 14.2. The topological polar surface area (TPSA) is 99.1 Å². The van der Waals surface area contributed by atoms with E-state index in [-0.39, 0.29) is 29.4 Å². The first-order valence-corrected chi connectivity index (χ1v) is 8.42. The fourth-order valence-corrected chi connectivity index (χ4v) is 4.40. The van der Waals surface area contributed by atoms with Crippen LogP contribution in [0.1, 0.15) is 50.7 Å². The van der Waals surface area contributed by atoms with Crippen LogP contribution in [0.2, 0.25) is 0 Å². The van der Waals surface area contributed by atoms with E-state index in [0.717, 1.165) is 0 Å². The molecular weight excluding hydrogens is 266 g/mol. The van der Waals surface area contributed by atoms with Gasteiger partial charge in [0.2, 0.25) is 5.89 Å². The third kappa shape index (κ3) is 3.14. The van der Waals surface area contributed by atoms with Crippen LogP contribution < -0.4 is 5.73 Å². The van der Waals surface area contributed by atoms with E-state index in [0.29, 0.717) is 24.1 Å². The van der Waals surface area contributed by atoms with E-state index in [2.05, 4.69) is 24.0 Å². The summed E-state index contributed by atoms with van der Waals surface area (Å²) in [6.45, 7) is 6.02. The third-order valence-electron chi connectivity index (χ3n) is 3.62. The van der Waals surface area contributed by atoms with Crippen molar-refractivity contribution in [3.8, 4) is 0 Å². The molecule has 0 aliphatic carbocycles. The van der Waals surface area contributed by atoms with Crippen molar-refractivity contribution in [1.82, 2.24) is 10.1 Å². The van der Waals surface area contributed by atoms with Crippen LogP contribution in [0.15, 0.2) is 4.52 Å². The second kappa shape index (κ2) is 5.20. The molecule has 2 N–H and O–H groups in total. The molecule has 0 aromatic carbocycles. The second-order valence-electron chi connectivity index (χ2n) is 5.72. The highest BCUT2D eigenvalue weighted by molar-refractivity contribution is 7.91. The normalized spacial score (nSPS) is 25.6. The molecular formula is C12H21N3O3S. The van der Waals surface area contributed by atoms with Crippen LogP contribution in [0.5, 0.6) is 0 Å². The van der Waals surface area contributed by atoms with Crippen LogP contribution in [0, 0.1) is 5.92 Å². The zero-order valence-electron chi connectivity index (χ0n) is 11.5. The van der Waals surface area contributed by atoms with Crippen LogP contribution in [0.25, 0.3) is 0 Å². The minimum Gasteiger partial charge on any atom is -0.339 e. The smallest absolute Gasteiger partial charge is 0.231 e. The minimum absolute atomic E-state index is 0.000685. The van der Waals surface area contributed by atoms with Crippen LogP contribution in [0.3, 0.4) is 0 Å². The molecule has 108 valence electrons. The first-order valence-electron chi connectivity index (χ1n) is 6.59. The summed E-state index contributed by atoms with van der Waals surface area (Å²) in [5, 5.41) is 3.94. The molecule has 1 aromatic rings. The Labute approximate surface area is 113 Å². The number of nitrogens with zero attached hydrogens (tertiary/aromatic N) is 2. The molecule has 2 rings (SSSR count). The number of hydrogen-bond acceptors (Lipinski definition) is 6. The molecule has 7 heteroatoms. The standard InChI is InChI=1S/C12H21N3O3S/c1-7(2)10(8(3)13)12-14-11(15-18-12)9-4-5-19(16,17)6-9/h7-10H,4-6,13H2,1-3H3. The quantitative estimate of drug-likeness (QED) is 0.889. The first-order chi connectivity index (χ1) is 8.80. The molecule has 1 aliphatic rings. The van der Waals surface area contributed by atoms with Gasteiger partial charge in [0.1, 0.15) is 0 Å². The summed E-state index contributed by atoms with van der Waals surface area (Å²) >= 11 is 0. The average molecular weight is 287 g/mol. The molecule has 3 atom stereocenters. The average Bonchev–Trinajstić information content (AvgIpc) is 2.84. The highest BCUT2D eigenvalue weighted by Crippen LogP contribution is 2.30. The fraction of sp³-hybridized carbons (Fsp3) is 0.833. The maximum Gasteiger partial charge on any atom is 0.231 e. The lowest BCUT2D eigenvalue weighted by Crippen LogP contribution is -2.28. The summed E-state index contributed by atoms with van der Waals surface area (Å²) in [6.07, 6.45) is 0.575. The summed E-state index contributed by atoms with van der Waals surface area (Å²) < 4.78 is 28.2. The Balaban J connectivity index is 2.19. The monoisotopic (exact) mass is 287 g/mol. The molecule has 0 radical (unpaired) electrons. The van der Waals surface area contributed by atoms with Crippen molar-refractivity contribution < 1.29 is 12.9 Å². The molecule has 1 aliphatic heterocycles. The van der Waals surface area contributed by atoms with Crippen molar-refractivity contribution in [1.29, 1.82) is 0 Å². The van der Waals surface area contributed by atoms with Crippen molar-refractivity contribution in [3.63, 3.8) is 0 Å². The molecule has 0 amide bonds. The number of aromatic nitrogens is 2. The van der Waals surface area contributed by atoms with Crippen molar-refractivity contribution in [2.24, 2.45) is 11.7 Å². The Morgan fingerprint density at radius 2 is 2.05 bits per heavy atom. The molecule has 19 heavy (non-hydrogen) atoms. The van der Waals surface area contributed by atoms with Gasteiger partial charge in [0.15, 0.2) is 15.7 Å². The molecule has 6 nitrogen and oxygen atoms in total. The molecule has 1 saturated heterocycles.